The molecule has 0 saturated carbocycles. The number of rotatable bonds is 7. The summed E-state index contributed by atoms with van der Waals surface area (Å²) in [6.07, 6.45) is 0.244. The lowest BCUT2D eigenvalue weighted by Crippen LogP contribution is -2.52. The summed E-state index contributed by atoms with van der Waals surface area (Å²) in [4.78, 5) is 42.3. The number of hydrogen-bond acceptors (Lipinski definition) is 4. The lowest BCUT2D eigenvalue weighted by molar-refractivity contribution is -0.119. The van der Waals surface area contributed by atoms with E-state index in [4.69, 9.17) is 5.10 Å². The number of anilines is 2. The number of imide groups is 1. The van der Waals surface area contributed by atoms with E-state index in [0.717, 1.165) is 33.6 Å². The summed E-state index contributed by atoms with van der Waals surface area (Å²) in [6.45, 7) is 11.1. The van der Waals surface area contributed by atoms with Crippen molar-refractivity contribution in [2.45, 2.75) is 59.5 Å². The van der Waals surface area contributed by atoms with Crippen LogP contribution in [0.25, 0.3) is 5.69 Å². The number of benzene rings is 3. The van der Waals surface area contributed by atoms with Gasteiger partial charge < -0.3 is 10.2 Å². The van der Waals surface area contributed by atoms with Gasteiger partial charge in [-0.05, 0) is 48.7 Å². The predicted octanol–water partition coefficient (Wildman–Crippen LogP) is 6.47. The molecule has 0 spiro atoms. The largest absolute Gasteiger partial charge is 0.334 e. The number of amides is 5. The van der Waals surface area contributed by atoms with Gasteiger partial charge in [-0.3, -0.25) is 10.1 Å². The van der Waals surface area contributed by atoms with Crippen LogP contribution in [0.5, 0.6) is 0 Å². The predicted molar refractivity (Wildman–Crippen MR) is 168 cm³/mol. The number of aryl methyl sites for hydroxylation is 2. The molecule has 43 heavy (non-hydrogen) atoms. The minimum absolute atomic E-state index is 0.201. The van der Waals surface area contributed by atoms with Gasteiger partial charge >= 0.3 is 12.1 Å². The second kappa shape index (κ2) is 12.1. The van der Waals surface area contributed by atoms with Crippen molar-refractivity contribution in [3.05, 3.63) is 107 Å². The summed E-state index contributed by atoms with van der Waals surface area (Å²) in [5.41, 5.74) is 5.89. The van der Waals surface area contributed by atoms with E-state index in [-0.39, 0.29) is 36.3 Å². The molecule has 9 heteroatoms. The Morgan fingerprint density at radius 3 is 2.28 bits per heavy atom. The summed E-state index contributed by atoms with van der Waals surface area (Å²) in [5.74, 6) is 0.362. The quantitative estimate of drug-likeness (QED) is 0.263. The van der Waals surface area contributed by atoms with Crippen molar-refractivity contribution < 1.29 is 14.4 Å². The molecule has 0 bridgehead atoms. The highest BCUT2D eigenvalue weighted by atomic mass is 16.2. The summed E-state index contributed by atoms with van der Waals surface area (Å²) >= 11 is 0. The minimum atomic E-state index is -0.367. The zero-order valence-electron chi connectivity index (χ0n) is 25.3. The van der Waals surface area contributed by atoms with Gasteiger partial charge in [-0.2, -0.15) is 5.10 Å². The number of nitrogens with one attached hydrogen (secondary N) is 2. The second-order valence-electron chi connectivity index (χ2n) is 12.0. The van der Waals surface area contributed by atoms with E-state index in [2.05, 4.69) is 31.4 Å². The summed E-state index contributed by atoms with van der Waals surface area (Å²) < 4.78 is 1.75. The van der Waals surface area contributed by atoms with Crippen LogP contribution < -0.4 is 15.5 Å². The molecule has 2 N–H and O–H groups in total. The monoisotopic (exact) mass is 578 g/mol. The molecule has 2 heterocycles. The van der Waals surface area contributed by atoms with Crippen LogP contribution in [0.15, 0.2) is 78.9 Å². The zero-order valence-corrected chi connectivity index (χ0v) is 25.3. The zero-order chi connectivity index (χ0) is 30.7. The van der Waals surface area contributed by atoms with Crippen LogP contribution in [0.4, 0.5) is 21.1 Å². The molecule has 5 amide bonds. The number of urea groups is 2. The van der Waals surface area contributed by atoms with Gasteiger partial charge in [-0.25, -0.2) is 19.2 Å². The van der Waals surface area contributed by atoms with Gasteiger partial charge in [0.15, 0.2) is 0 Å². The molecule has 9 nitrogen and oxygen atoms in total. The van der Waals surface area contributed by atoms with Crippen molar-refractivity contribution in [1.29, 1.82) is 0 Å². The number of para-hydroxylation sites is 1. The first kappa shape index (κ1) is 29.6. The molecule has 1 aliphatic heterocycles. The minimum Gasteiger partial charge on any atom is -0.334 e. The van der Waals surface area contributed by atoms with E-state index in [0.29, 0.717) is 24.6 Å². The van der Waals surface area contributed by atoms with Crippen molar-refractivity contribution in [1.82, 2.24) is 20.0 Å². The summed E-state index contributed by atoms with van der Waals surface area (Å²) in [5, 5.41) is 10.7. The van der Waals surface area contributed by atoms with E-state index < -0.39 is 0 Å². The first-order chi connectivity index (χ1) is 20.5. The Bertz CT molecular complexity index is 1650. The van der Waals surface area contributed by atoms with Crippen molar-refractivity contribution in [2.75, 3.05) is 16.8 Å². The van der Waals surface area contributed by atoms with Crippen LogP contribution in [0, 0.1) is 13.8 Å². The molecule has 1 aliphatic rings. The highest BCUT2D eigenvalue weighted by Gasteiger charge is 2.34. The molecule has 0 radical (unpaired) electrons. The second-order valence-corrected chi connectivity index (χ2v) is 12.0. The van der Waals surface area contributed by atoms with E-state index in [1.54, 1.807) is 15.6 Å². The molecule has 3 aromatic carbocycles. The van der Waals surface area contributed by atoms with Gasteiger partial charge in [-0.1, -0.05) is 80.9 Å². The van der Waals surface area contributed by atoms with Gasteiger partial charge in [0.05, 0.1) is 17.1 Å². The SMILES string of the molecule is Cc1ccc(-n2nc(C(C)(C)C)cc2NC(=O)NCc2ccccc2CN2CCC(=O)N(c3ccccc3C)C2=O)cc1. The highest BCUT2D eigenvalue weighted by molar-refractivity contribution is 6.16. The van der Waals surface area contributed by atoms with Crippen LogP contribution in [0.3, 0.4) is 0 Å². The van der Waals surface area contributed by atoms with Gasteiger partial charge in [0, 0.05) is 37.5 Å². The van der Waals surface area contributed by atoms with Crippen LogP contribution in [-0.4, -0.2) is 39.2 Å². The maximum Gasteiger partial charge on any atom is 0.331 e. The maximum atomic E-state index is 13.5. The lowest BCUT2D eigenvalue weighted by atomic mass is 9.92. The van der Waals surface area contributed by atoms with E-state index >= 15 is 0 Å². The fraction of sp³-hybridized carbons (Fsp3) is 0.294. The Hall–Kier alpha value is -4.92. The van der Waals surface area contributed by atoms with E-state index in [1.165, 1.54) is 4.90 Å². The van der Waals surface area contributed by atoms with Gasteiger partial charge in [0.2, 0.25) is 5.91 Å². The van der Waals surface area contributed by atoms with Crippen LogP contribution in [0.1, 0.15) is 55.1 Å². The van der Waals surface area contributed by atoms with E-state index in [9.17, 15) is 14.4 Å². The summed E-state index contributed by atoms with van der Waals surface area (Å²) in [7, 11) is 0. The average molecular weight is 579 g/mol. The third-order valence-corrected chi connectivity index (χ3v) is 7.58. The smallest absolute Gasteiger partial charge is 0.331 e. The fourth-order valence-electron chi connectivity index (χ4n) is 5.03. The number of aromatic nitrogens is 2. The van der Waals surface area contributed by atoms with Gasteiger partial charge in [0.1, 0.15) is 5.82 Å². The molecule has 222 valence electrons. The van der Waals surface area contributed by atoms with Crippen LogP contribution in [0.2, 0.25) is 0 Å². The number of carbonyl (C=O) groups is 3. The van der Waals surface area contributed by atoms with Crippen molar-refractivity contribution >= 4 is 29.5 Å². The molecule has 0 atom stereocenters. The van der Waals surface area contributed by atoms with Gasteiger partial charge in [-0.15, -0.1) is 0 Å². The number of nitrogens with zero attached hydrogens (tertiary/aromatic N) is 4. The highest BCUT2D eigenvalue weighted by Crippen LogP contribution is 2.28. The molecular formula is C34H38N6O3. The number of hydrogen-bond donors (Lipinski definition) is 2. The summed E-state index contributed by atoms with van der Waals surface area (Å²) in [6, 6.07) is 24.2. The first-order valence-corrected chi connectivity index (χ1v) is 14.5. The Balaban J connectivity index is 1.29. The molecule has 5 rings (SSSR count). The lowest BCUT2D eigenvalue weighted by Gasteiger charge is -2.35. The Morgan fingerprint density at radius 2 is 1.58 bits per heavy atom. The van der Waals surface area contributed by atoms with Crippen LogP contribution >= 0.6 is 0 Å². The molecule has 0 aliphatic carbocycles. The fourth-order valence-corrected chi connectivity index (χ4v) is 5.03. The molecule has 4 aromatic rings. The molecule has 0 unspecified atom stereocenters. The molecule has 1 fully saturated rings. The third-order valence-electron chi connectivity index (χ3n) is 7.58. The topological polar surface area (TPSA) is 99.6 Å². The molecule has 1 aromatic heterocycles. The first-order valence-electron chi connectivity index (χ1n) is 14.5. The Kier molecular flexibility index (Phi) is 8.34. The Morgan fingerprint density at radius 1 is 0.907 bits per heavy atom. The normalized spacial score (nSPS) is 13.8. The standard InChI is InChI=1S/C34H38N6O3/c1-23-14-16-27(17-15-23)40-30(20-29(37-40)34(3,4)5)36-32(42)35-21-25-11-7-8-12-26(25)22-38-19-18-31(41)39(33(38)43)28-13-9-6-10-24(28)2/h6-17,20H,18-19,21-22H2,1-5H3,(H2,35,36,42). The maximum absolute atomic E-state index is 13.5. The van der Waals surface area contributed by atoms with Crippen LogP contribution in [-0.2, 0) is 23.3 Å². The third kappa shape index (κ3) is 6.61. The van der Waals surface area contributed by atoms with Crippen molar-refractivity contribution in [3.63, 3.8) is 0 Å². The van der Waals surface area contributed by atoms with Crippen molar-refractivity contribution in [3.8, 4) is 5.69 Å². The van der Waals surface area contributed by atoms with Crippen molar-refractivity contribution in [2.24, 2.45) is 0 Å². The van der Waals surface area contributed by atoms with Gasteiger partial charge in [0.25, 0.3) is 0 Å². The van der Waals surface area contributed by atoms with E-state index in [1.807, 2.05) is 86.6 Å². The molecule has 1 saturated heterocycles. The molecular weight excluding hydrogens is 540 g/mol. The average Bonchev–Trinajstić information content (AvgIpc) is 3.40. The Labute approximate surface area is 252 Å². The number of carbonyl (C=O) groups excluding carboxylic acids is 3.